The summed E-state index contributed by atoms with van der Waals surface area (Å²) in [6.07, 6.45) is 5.84. The van der Waals surface area contributed by atoms with Crippen LogP contribution in [0.5, 0.6) is 5.75 Å². The van der Waals surface area contributed by atoms with Gasteiger partial charge >= 0.3 is 0 Å². The number of benzene rings is 1. The van der Waals surface area contributed by atoms with Crippen molar-refractivity contribution in [3.8, 4) is 5.75 Å². The predicted octanol–water partition coefficient (Wildman–Crippen LogP) is 2.33. The van der Waals surface area contributed by atoms with Gasteiger partial charge in [-0.05, 0) is 50.6 Å². The lowest BCUT2D eigenvalue weighted by Crippen LogP contribution is -2.45. The minimum Gasteiger partial charge on any atom is -0.488 e. The number of nitrogens with two attached hydrogens (primary N) is 1. The van der Waals surface area contributed by atoms with Crippen molar-refractivity contribution in [2.75, 3.05) is 19.6 Å². The number of piperidine rings is 1. The van der Waals surface area contributed by atoms with Gasteiger partial charge in [-0.1, -0.05) is 6.42 Å². The molecule has 0 amide bonds. The molecule has 0 saturated carbocycles. The molecule has 2 aliphatic rings. The van der Waals surface area contributed by atoms with Gasteiger partial charge in [-0.3, -0.25) is 4.90 Å². The Bertz CT molecular complexity index is 464. The van der Waals surface area contributed by atoms with Crippen LogP contribution in [0.25, 0.3) is 0 Å². The van der Waals surface area contributed by atoms with Crippen LogP contribution in [0.4, 0.5) is 4.39 Å². The van der Waals surface area contributed by atoms with E-state index in [1.165, 1.54) is 25.3 Å². The smallest absolute Gasteiger partial charge is 0.123 e. The van der Waals surface area contributed by atoms with Crippen LogP contribution in [0.3, 0.4) is 0 Å². The van der Waals surface area contributed by atoms with Crippen LogP contribution in [-0.2, 0) is 6.42 Å². The van der Waals surface area contributed by atoms with Crippen molar-refractivity contribution >= 4 is 0 Å². The molecule has 0 aromatic heterocycles. The lowest BCUT2D eigenvalue weighted by Gasteiger charge is -2.36. The van der Waals surface area contributed by atoms with Crippen molar-refractivity contribution in [1.29, 1.82) is 0 Å². The zero-order valence-corrected chi connectivity index (χ0v) is 11.9. The number of halogens is 1. The van der Waals surface area contributed by atoms with Crippen LogP contribution in [0.2, 0.25) is 0 Å². The molecule has 2 aliphatic heterocycles. The minimum absolute atomic E-state index is 0.158. The molecule has 2 atom stereocenters. The summed E-state index contributed by atoms with van der Waals surface area (Å²) in [6.45, 7) is 2.81. The molecular formula is C16H23FN2O. The van der Waals surface area contributed by atoms with E-state index in [0.29, 0.717) is 6.04 Å². The van der Waals surface area contributed by atoms with Gasteiger partial charge in [0.05, 0.1) is 0 Å². The van der Waals surface area contributed by atoms with E-state index < -0.39 is 0 Å². The van der Waals surface area contributed by atoms with Gasteiger partial charge in [0, 0.05) is 24.6 Å². The lowest BCUT2D eigenvalue weighted by atomic mass is 9.98. The largest absolute Gasteiger partial charge is 0.488 e. The van der Waals surface area contributed by atoms with Crippen molar-refractivity contribution in [2.24, 2.45) is 5.73 Å². The first-order valence-corrected chi connectivity index (χ1v) is 7.65. The van der Waals surface area contributed by atoms with Crippen molar-refractivity contribution in [3.63, 3.8) is 0 Å². The maximum absolute atomic E-state index is 13.2. The van der Waals surface area contributed by atoms with Gasteiger partial charge in [-0.15, -0.1) is 0 Å². The third kappa shape index (κ3) is 2.96. The summed E-state index contributed by atoms with van der Waals surface area (Å²) in [5.41, 5.74) is 6.72. The van der Waals surface area contributed by atoms with E-state index in [0.717, 1.165) is 43.8 Å². The Hall–Kier alpha value is -1.13. The average molecular weight is 278 g/mol. The van der Waals surface area contributed by atoms with Crippen LogP contribution in [0, 0.1) is 5.82 Å². The van der Waals surface area contributed by atoms with Gasteiger partial charge in [0.2, 0.25) is 0 Å². The number of hydrogen-bond donors (Lipinski definition) is 1. The van der Waals surface area contributed by atoms with Crippen LogP contribution in [-0.4, -0.2) is 36.7 Å². The van der Waals surface area contributed by atoms with E-state index in [9.17, 15) is 4.39 Å². The highest BCUT2D eigenvalue weighted by Gasteiger charge is 2.29. The number of likely N-dealkylation sites (tertiary alicyclic amines) is 1. The van der Waals surface area contributed by atoms with Gasteiger partial charge in [0.15, 0.2) is 0 Å². The molecular weight excluding hydrogens is 255 g/mol. The van der Waals surface area contributed by atoms with Gasteiger partial charge < -0.3 is 10.5 Å². The van der Waals surface area contributed by atoms with Crippen LogP contribution in [0.1, 0.15) is 31.2 Å². The summed E-state index contributed by atoms with van der Waals surface area (Å²) in [5, 5.41) is 0. The third-order valence-corrected chi connectivity index (χ3v) is 4.45. The van der Waals surface area contributed by atoms with Crippen LogP contribution < -0.4 is 10.5 Å². The Balaban J connectivity index is 1.61. The van der Waals surface area contributed by atoms with Crippen molar-refractivity contribution in [2.45, 2.75) is 44.2 Å². The standard InChI is InChI=1S/C16H23FN2O/c17-13-4-5-16-12(9-13)10-15(20-16)11-19-8-2-1-3-14(19)6-7-18/h4-5,9,14-15H,1-3,6-8,10-11,18H2. The van der Waals surface area contributed by atoms with E-state index in [2.05, 4.69) is 4.90 Å². The molecule has 1 aromatic rings. The summed E-state index contributed by atoms with van der Waals surface area (Å²) in [6, 6.07) is 5.42. The summed E-state index contributed by atoms with van der Waals surface area (Å²) in [4.78, 5) is 2.52. The molecule has 2 N–H and O–H groups in total. The van der Waals surface area contributed by atoms with Gasteiger partial charge in [0.1, 0.15) is 17.7 Å². The zero-order valence-electron chi connectivity index (χ0n) is 11.9. The van der Waals surface area contributed by atoms with E-state index in [4.69, 9.17) is 10.5 Å². The van der Waals surface area contributed by atoms with Gasteiger partial charge in [-0.25, -0.2) is 4.39 Å². The van der Waals surface area contributed by atoms with E-state index in [-0.39, 0.29) is 11.9 Å². The zero-order chi connectivity index (χ0) is 13.9. The normalized spacial score (nSPS) is 26.3. The molecule has 3 nitrogen and oxygen atoms in total. The summed E-state index contributed by atoms with van der Waals surface area (Å²) in [5.74, 6) is 0.677. The molecule has 0 radical (unpaired) electrons. The maximum atomic E-state index is 13.2. The Labute approximate surface area is 119 Å². The highest BCUT2D eigenvalue weighted by molar-refractivity contribution is 5.37. The highest BCUT2D eigenvalue weighted by Crippen LogP contribution is 2.30. The fourth-order valence-corrected chi connectivity index (χ4v) is 3.47. The first-order valence-electron chi connectivity index (χ1n) is 7.65. The Kier molecular flexibility index (Phi) is 4.22. The third-order valence-electron chi connectivity index (χ3n) is 4.45. The van der Waals surface area contributed by atoms with E-state index >= 15 is 0 Å². The number of nitrogens with zero attached hydrogens (tertiary/aromatic N) is 1. The molecule has 1 saturated heterocycles. The molecule has 110 valence electrons. The molecule has 4 heteroatoms. The topological polar surface area (TPSA) is 38.5 Å². The predicted molar refractivity (Wildman–Crippen MR) is 77.4 cm³/mol. The SMILES string of the molecule is NCCC1CCCCN1CC1Cc2cc(F)ccc2O1. The quantitative estimate of drug-likeness (QED) is 0.918. The Morgan fingerprint density at radius 3 is 3.10 bits per heavy atom. The molecule has 2 heterocycles. The second-order valence-corrected chi connectivity index (χ2v) is 5.92. The maximum Gasteiger partial charge on any atom is 0.123 e. The van der Waals surface area contributed by atoms with E-state index in [1.807, 2.05) is 0 Å². The molecule has 0 bridgehead atoms. The second-order valence-electron chi connectivity index (χ2n) is 5.92. The van der Waals surface area contributed by atoms with Crippen LogP contribution >= 0.6 is 0 Å². The summed E-state index contributed by atoms with van der Waals surface area (Å²) >= 11 is 0. The fourth-order valence-electron chi connectivity index (χ4n) is 3.47. The molecule has 0 spiro atoms. The Morgan fingerprint density at radius 1 is 1.35 bits per heavy atom. The number of rotatable bonds is 4. The molecule has 1 fully saturated rings. The second kappa shape index (κ2) is 6.10. The number of hydrogen-bond acceptors (Lipinski definition) is 3. The Morgan fingerprint density at radius 2 is 2.25 bits per heavy atom. The first kappa shape index (κ1) is 13.8. The van der Waals surface area contributed by atoms with Crippen LogP contribution in [0.15, 0.2) is 18.2 Å². The highest BCUT2D eigenvalue weighted by atomic mass is 19.1. The van der Waals surface area contributed by atoms with Gasteiger partial charge in [0.25, 0.3) is 0 Å². The molecule has 2 unspecified atom stereocenters. The molecule has 3 rings (SSSR count). The minimum atomic E-state index is -0.174. The number of ether oxygens (including phenoxy) is 1. The lowest BCUT2D eigenvalue weighted by molar-refractivity contribution is 0.0869. The number of fused-ring (bicyclic) bond motifs is 1. The van der Waals surface area contributed by atoms with Crippen molar-refractivity contribution < 1.29 is 9.13 Å². The van der Waals surface area contributed by atoms with Gasteiger partial charge in [-0.2, -0.15) is 0 Å². The first-order chi connectivity index (χ1) is 9.76. The monoisotopic (exact) mass is 278 g/mol. The molecule has 1 aromatic carbocycles. The molecule has 0 aliphatic carbocycles. The average Bonchev–Trinajstić information content (AvgIpc) is 2.82. The van der Waals surface area contributed by atoms with Crippen molar-refractivity contribution in [3.05, 3.63) is 29.6 Å². The summed E-state index contributed by atoms with van der Waals surface area (Å²) in [7, 11) is 0. The van der Waals surface area contributed by atoms with E-state index in [1.54, 1.807) is 12.1 Å². The fraction of sp³-hybridized carbons (Fsp3) is 0.625. The molecule has 20 heavy (non-hydrogen) atoms. The summed E-state index contributed by atoms with van der Waals surface area (Å²) < 4.78 is 19.2. The van der Waals surface area contributed by atoms with Crippen molar-refractivity contribution in [1.82, 2.24) is 4.90 Å².